The van der Waals surface area contributed by atoms with Gasteiger partial charge in [-0.3, -0.25) is 9.59 Å². The van der Waals surface area contributed by atoms with Crippen molar-refractivity contribution < 1.29 is 23.8 Å². The molecule has 0 unspecified atom stereocenters. The summed E-state index contributed by atoms with van der Waals surface area (Å²) in [4.78, 5) is 27.8. The molecule has 0 bridgehead atoms. The first-order valence-electron chi connectivity index (χ1n) is 11.1. The zero-order valence-corrected chi connectivity index (χ0v) is 19.8. The monoisotopic (exact) mass is 452 g/mol. The topological polar surface area (TPSA) is 77.1 Å². The van der Waals surface area contributed by atoms with Gasteiger partial charge in [-0.1, -0.05) is 24.3 Å². The van der Waals surface area contributed by atoms with Gasteiger partial charge in [-0.25, -0.2) is 0 Å². The van der Waals surface area contributed by atoms with E-state index in [1.165, 1.54) is 4.90 Å². The second-order valence-corrected chi connectivity index (χ2v) is 8.13. The van der Waals surface area contributed by atoms with Gasteiger partial charge in [0.2, 0.25) is 5.91 Å². The van der Waals surface area contributed by atoms with E-state index >= 15 is 0 Å². The van der Waals surface area contributed by atoms with E-state index in [1.807, 2.05) is 37.3 Å². The SMILES string of the molecule is COc1ccc([C@@H]2C/C=C\C[C@H](C)Oc3ccccc3C(=O)N(C)[C@H](C)C(=O)N2)c(OC)c1. The summed E-state index contributed by atoms with van der Waals surface area (Å²) in [5, 5.41) is 3.10. The van der Waals surface area contributed by atoms with E-state index in [4.69, 9.17) is 14.2 Å². The normalized spacial score (nSPS) is 22.9. The maximum Gasteiger partial charge on any atom is 0.258 e. The molecule has 2 aromatic carbocycles. The summed E-state index contributed by atoms with van der Waals surface area (Å²) < 4.78 is 16.9. The molecule has 33 heavy (non-hydrogen) atoms. The molecule has 3 atom stereocenters. The van der Waals surface area contributed by atoms with Crippen molar-refractivity contribution in [3.05, 3.63) is 65.7 Å². The van der Waals surface area contributed by atoms with E-state index < -0.39 is 6.04 Å². The van der Waals surface area contributed by atoms with Crippen LogP contribution in [0.3, 0.4) is 0 Å². The van der Waals surface area contributed by atoms with Crippen molar-refractivity contribution in [3.8, 4) is 17.2 Å². The van der Waals surface area contributed by atoms with E-state index in [9.17, 15) is 9.59 Å². The van der Waals surface area contributed by atoms with Crippen molar-refractivity contribution in [1.82, 2.24) is 10.2 Å². The van der Waals surface area contributed by atoms with Crippen molar-refractivity contribution in [2.24, 2.45) is 0 Å². The van der Waals surface area contributed by atoms with Gasteiger partial charge in [0.25, 0.3) is 5.91 Å². The van der Waals surface area contributed by atoms with Crippen LogP contribution in [-0.2, 0) is 4.79 Å². The Morgan fingerprint density at radius 3 is 2.45 bits per heavy atom. The summed E-state index contributed by atoms with van der Waals surface area (Å²) in [6, 6.07) is 11.6. The summed E-state index contributed by atoms with van der Waals surface area (Å²) in [6.07, 6.45) is 5.17. The van der Waals surface area contributed by atoms with Gasteiger partial charge in [0.05, 0.1) is 31.9 Å². The molecule has 0 aliphatic carbocycles. The molecular weight excluding hydrogens is 420 g/mol. The summed E-state index contributed by atoms with van der Waals surface area (Å²) >= 11 is 0. The minimum Gasteiger partial charge on any atom is -0.497 e. The number of carbonyl (C=O) groups excluding carboxylic acids is 2. The van der Waals surface area contributed by atoms with Crippen LogP contribution in [0.2, 0.25) is 0 Å². The Bertz CT molecular complexity index is 1020. The van der Waals surface area contributed by atoms with Gasteiger partial charge in [-0.2, -0.15) is 0 Å². The number of nitrogens with one attached hydrogen (secondary N) is 1. The second-order valence-electron chi connectivity index (χ2n) is 8.13. The molecule has 0 saturated carbocycles. The molecule has 7 nitrogen and oxygen atoms in total. The molecule has 0 radical (unpaired) electrons. The third-order valence-electron chi connectivity index (χ3n) is 5.87. The van der Waals surface area contributed by atoms with E-state index in [2.05, 4.69) is 5.32 Å². The molecule has 1 N–H and O–H groups in total. The molecule has 1 heterocycles. The number of benzene rings is 2. The van der Waals surface area contributed by atoms with Crippen LogP contribution < -0.4 is 19.5 Å². The highest BCUT2D eigenvalue weighted by molar-refractivity contribution is 5.99. The number of ether oxygens (including phenoxy) is 3. The number of nitrogens with zero attached hydrogens (tertiary/aromatic N) is 1. The molecule has 2 aromatic rings. The number of rotatable bonds is 3. The fraction of sp³-hybridized carbons (Fsp3) is 0.385. The van der Waals surface area contributed by atoms with Crippen LogP contribution in [0.5, 0.6) is 17.2 Å². The molecular formula is C26H32N2O5. The Kier molecular flexibility index (Phi) is 7.98. The van der Waals surface area contributed by atoms with Crippen LogP contribution in [0.4, 0.5) is 0 Å². The molecule has 2 amide bonds. The summed E-state index contributed by atoms with van der Waals surface area (Å²) in [5.74, 6) is 1.27. The Labute approximate surface area is 195 Å². The summed E-state index contributed by atoms with van der Waals surface area (Å²) in [6.45, 7) is 3.68. The number of hydrogen-bond donors (Lipinski definition) is 1. The van der Waals surface area contributed by atoms with Gasteiger partial charge in [0.1, 0.15) is 23.3 Å². The van der Waals surface area contributed by atoms with Crippen molar-refractivity contribution in [2.45, 2.75) is 44.9 Å². The Morgan fingerprint density at radius 2 is 1.73 bits per heavy atom. The van der Waals surface area contributed by atoms with E-state index in [0.29, 0.717) is 35.7 Å². The fourth-order valence-corrected chi connectivity index (χ4v) is 3.74. The van der Waals surface area contributed by atoms with Crippen molar-refractivity contribution >= 4 is 11.8 Å². The molecule has 0 saturated heterocycles. The zero-order valence-electron chi connectivity index (χ0n) is 19.8. The van der Waals surface area contributed by atoms with Crippen LogP contribution in [-0.4, -0.2) is 50.1 Å². The lowest BCUT2D eigenvalue weighted by atomic mass is 10.0. The smallest absolute Gasteiger partial charge is 0.258 e. The zero-order chi connectivity index (χ0) is 24.0. The lowest BCUT2D eigenvalue weighted by molar-refractivity contribution is -0.125. The van der Waals surface area contributed by atoms with Gasteiger partial charge in [0.15, 0.2) is 0 Å². The van der Waals surface area contributed by atoms with Crippen LogP contribution >= 0.6 is 0 Å². The second kappa shape index (κ2) is 10.9. The fourth-order valence-electron chi connectivity index (χ4n) is 3.74. The molecule has 3 rings (SSSR count). The van der Waals surface area contributed by atoms with Crippen LogP contribution in [0, 0.1) is 0 Å². The first-order valence-corrected chi connectivity index (χ1v) is 11.1. The van der Waals surface area contributed by atoms with E-state index in [1.54, 1.807) is 52.5 Å². The summed E-state index contributed by atoms with van der Waals surface area (Å²) in [7, 11) is 4.81. The van der Waals surface area contributed by atoms with Crippen LogP contribution in [0.15, 0.2) is 54.6 Å². The molecule has 0 aromatic heterocycles. The van der Waals surface area contributed by atoms with Gasteiger partial charge in [-0.15, -0.1) is 0 Å². The van der Waals surface area contributed by atoms with Crippen molar-refractivity contribution in [2.75, 3.05) is 21.3 Å². The van der Waals surface area contributed by atoms with Gasteiger partial charge in [-0.05, 0) is 44.5 Å². The van der Waals surface area contributed by atoms with E-state index in [-0.39, 0.29) is 24.0 Å². The maximum atomic E-state index is 13.2. The first-order chi connectivity index (χ1) is 15.8. The number of methoxy groups -OCH3 is 2. The molecule has 0 spiro atoms. The third-order valence-corrected chi connectivity index (χ3v) is 5.87. The number of hydrogen-bond acceptors (Lipinski definition) is 5. The lowest BCUT2D eigenvalue weighted by Crippen LogP contribution is -2.47. The number of carbonyl (C=O) groups is 2. The molecule has 1 aliphatic heterocycles. The molecule has 176 valence electrons. The minimum atomic E-state index is -0.693. The Morgan fingerprint density at radius 1 is 1.00 bits per heavy atom. The van der Waals surface area contributed by atoms with Gasteiger partial charge < -0.3 is 24.4 Å². The Hall–Kier alpha value is -3.48. The number of likely N-dealkylation sites (N-methyl/N-ethyl adjacent to an activating group) is 1. The third kappa shape index (κ3) is 5.66. The number of fused-ring (bicyclic) bond motifs is 1. The summed E-state index contributed by atoms with van der Waals surface area (Å²) in [5.41, 5.74) is 1.26. The predicted octanol–water partition coefficient (Wildman–Crippen LogP) is 4.14. The van der Waals surface area contributed by atoms with Crippen LogP contribution in [0.1, 0.15) is 48.7 Å². The molecule has 7 heteroatoms. The number of amides is 2. The largest absolute Gasteiger partial charge is 0.497 e. The first kappa shape index (κ1) is 24.2. The quantitative estimate of drug-likeness (QED) is 0.709. The van der Waals surface area contributed by atoms with Crippen molar-refractivity contribution in [1.29, 1.82) is 0 Å². The highest BCUT2D eigenvalue weighted by Gasteiger charge is 2.28. The number of para-hydroxylation sites is 1. The van der Waals surface area contributed by atoms with Crippen LogP contribution in [0.25, 0.3) is 0 Å². The minimum absolute atomic E-state index is 0.121. The Balaban J connectivity index is 1.96. The lowest BCUT2D eigenvalue weighted by Gasteiger charge is -2.28. The van der Waals surface area contributed by atoms with Gasteiger partial charge in [0, 0.05) is 25.1 Å². The van der Waals surface area contributed by atoms with Gasteiger partial charge >= 0.3 is 0 Å². The van der Waals surface area contributed by atoms with Crippen molar-refractivity contribution in [3.63, 3.8) is 0 Å². The van der Waals surface area contributed by atoms with E-state index in [0.717, 1.165) is 5.56 Å². The maximum absolute atomic E-state index is 13.2. The molecule has 1 aliphatic rings. The highest BCUT2D eigenvalue weighted by Crippen LogP contribution is 2.32. The standard InChI is InChI=1S/C26H32N2O5/c1-17-10-6-8-12-22(20-15-14-19(31-4)16-24(20)32-5)27-25(29)18(2)28(3)26(30)21-11-7-9-13-23(21)33-17/h6-9,11,13-18,22H,10,12H2,1-5H3,(H,27,29)/b8-6-/t17-,18+,22-/m0/s1. The average molecular weight is 453 g/mol. The average Bonchev–Trinajstić information content (AvgIpc) is 2.83. The highest BCUT2D eigenvalue weighted by atomic mass is 16.5. The molecule has 0 fully saturated rings. The predicted molar refractivity (Wildman–Crippen MR) is 127 cm³/mol.